The Hall–Kier alpha value is -3.59. The van der Waals surface area contributed by atoms with Crippen molar-refractivity contribution >= 4 is 29.1 Å². The van der Waals surface area contributed by atoms with Crippen molar-refractivity contribution in [2.24, 2.45) is 5.73 Å². The molecule has 9 heteroatoms. The zero-order valence-electron chi connectivity index (χ0n) is 19.7. The van der Waals surface area contributed by atoms with Crippen molar-refractivity contribution in [1.82, 2.24) is 5.32 Å². The van der Waals surface area contributed by atoms with Crippen LogP contribution in [-0.2, 0) is 14.3 Å². The third-order valence-electron chi connectivity index (χ3n) is 5.54. The zero-order valence-corrected chi connectivity index (χ0v) is 19.7. The summed E-state index contributed by atoms with van der Waals surface area (Å²) in [4.78, 5) is 38.8. The van der Waals surface area contributed by atoms with Gasteiger partial charge in [0.2, 0.25) is 5.91 Å². The van der Waals surface area contributed by atoms with E-state index in [4.69, 9.17) is 15.2 Å². The Kier molecular flexibility index (Phi) is 8.48. The fourth-order valence-electron chi connectivity index (χ4n) is 3.87. The van der Waals surface area contributed by atoms with Gasteiger partial charge in [0.1, 0.15) is 5.75 Å². The molecule has 4 N–H and O–H groups in total. The second-order valence-electron chi connectivity index (χ2n) is 8.41. The molecule has 2 aromatic rings. The fourth-order valence-corrected chi connectivity index (χ4v) is 3.87. The molecule has 0 radical (unpaired) electrons. The van der Waals surface area contributed by atoms with E-state index in [0.29, 0.717) is 30.2 Å². The van der Waals surface area contributed by atoms with Gasteiger partial charge in [-0.1, -0.05) is 18.2 Å². The number of morpholine rings is 1. The molecule has 0 saturated carbocycles. The fraction of sp³-hybridized carbons (Fsp3) is 0.400. The van der Waals surface area contributed by atoms with Gasteiger partial charge in [0.25, 0.3) is 11.8 Å². The number of anilines is 2. The van der Waals surface area contributed by atoms with E-state index in [-0.39, 0.29) is 36.9 Å². The Morgan fingerprint density at radius 3 is 2.44 bits per heavy atom. The number of amides is 3. The number of hydrogen-bond donors (Lipinski definition) is 3. The lowest BCUT2D eigenvalue weighted by atomic mass is 10.1. The normalized spacial score (nSPS) is 18.6. The molecule has 2 aromatic carbocycles. The van der Waals surface area contributed by atoms with Crippen molar-refractivity contribution in [3.05, 3.63) is 54.1 Å². The van der Waals surface area contributed by atoms with Gasteiger partial charge in [-0.2, -0.15) is 0 Å². The summed E-state index contributed by atoms with van der Waals surface area (Å²) in [5, 5.41) is 5.61. The minimum absolute atomic E-state index is 0.0462. The van der Waals surface area contributed by atoms with Gasteiger partial charge < -0.3 is 30.7 Å². The maximum Gasteiger partial charge on any atom is 0.265 e. The number of ether oxygens (including phenoxy) is 2. The molecule has 9 nitrogen and oxygen atoms in total. The SMILES string of the molecule is CC(Oc1ccccc1)C(=O)Nc1cc(C(=O)NCCC(N)=O)ccc1N1C(C)COCC1C. The van der Waals surface area contributed by atoms with E-state index in [1.165, 1.54) is 0 Å². The Morgan fingerprint density at radius 2 is 1.79 bits per heavy atom. The predicted octanol–water partition coefficient (Wildman–Crippen LogP) is 2.31. The summed E-state index contributed by atoms with van der Waals surface area (Å²) in [6.07, 6.45) is -0.715. The standard InChI is InChI=1S/C25H32N4O5/c1-16-14-33-15-17(2)29(16)22-10-9-19(25(32)27-12-11-23(26)30)13-21(22)28-24(31)18(3)34-20-7-5-4-6-8-20/h4-10,13,16-18H,11-12,14-15H2,1-3H3,(H2,26,30)(H,27,32)(H,28,31). The summed E-state index contributed by atoms with van der Waals surface area (Å²) in [6.45, 7) is 7.01. The van der Waals surface area contributed by atoms with E-state index in [0.717, 1.165) is 5.69 Å². The summed E-state index contributed by atoms with van der Waals surface area (Å²) < 4.78 is 11.4. The highest BCUT2D eigenvalue weighted by Crippen LogP contribution is 2.32. The highest BCUT2D eigenvalue weighted by atomic mass is 16.5. The number of para-hydroxylation sites is 1. The van der Waals surface area contributed by atoms with Gasteiger partial charge in [-0.25, -0.2) is 0 Å². The van der Waals surface area contributed by atoms with E-state index in [9.17, 15) is 14.4 Å². The average molecular weight is 469 g/mol. The summed E-state index contributed by atoms with van der Waals surface area (Å²) in [7, 11) is 0. The van der Waals surface area contributed by atoms with Crippen molar-refractivity contribution in [3.8, 4) is 5.75 Å². The maximum atomic E-state index is 13.0. The highest BCUT2D eigenvalue weighted by Gasteiger charge is 2.29. The second kappa shape index (κ2) is 11.5. The molecule has 34 heavy (non-hydrogen) atoms. The Morgan fingerprint density at radius 1 is 1.12 bits per heavy atom. The molecule has 0 bridgehead atoms. The molecule has 0 aliphatic carbocycles. The molecule has 1 saturated heterocycles. The largest absolute Gasteiger partial charge is 0.481 e. The van der Waals surface area contributed by atoms with Crippen LogP contribution in [0, 0.1) is 0 Å². The van der Waals surface area contributed by atoms with Gasteiger partial charge in [0.15, 0.2) is 6.10 Å². The number of primary amides is 1. The number of nitrogens with two attached hydrogens (primary N) is 1. The van der Waals surface area contributed by atoms with Crippen LogP contribution >= 0.6 is 0 Å². The number of carbonyl (C=O) groups excluding carboxylic acids is 3. The first kappa shape index (κ1) is 25.0. The number of hydrogen-bond acceptors (Lipinski definition) is 6. The zero-order chi connectivity index (χ0) is 24.7. The third-order valence-corrected chi connectivity index (χ3v) is 5.54. The van der Waals surface area contributed by atoms with Crippen LogP contribution in [0.1, 0.15) is 37.6 Å². The van der Waals surface area contributed by atoms with Gasteiger partial charge in [-0.3, -0.25) is 14.4 Å². The molecule has 1 aliphatic heterocycles. The lowest BCUT2D eigenvalue weighted by Gasteiger charge is -2.41. The van der Waals surface area contributed by atoms with Crippen LogP contribution < -0.4 is 26.0 Å². The minimum Gasteiger partial charge on any atom is -0.481 e. The first-order chi connectivity index (χ1) is 16.3. The van der Waals surface area contributed by atoms with Crippen molar-refractivity contribution in [2.75, 3.05) is 30.0 Å². The quantitative estimate of drug-likeness (QED) is 0.519. The average Bonchev–Trinajstić information content (AvgIpc) is 2.80. The predicted molar refractivity (Wildman–Crippen MR) is 130 cm³/mol. The van der Waals surface area contributed by atoms with Gasteiger partial charge in [0, 0.05) is 30.6 Å². The second-order valence-corrected chi connectivity index (χ2v) is 8.41. The molecule has 3 atom stereocenters. The van der Waals surface area contributed by atoms with Gasteiger partial charge in [-0.05, 0) is 51.1 Å². The molecule has 3 amide bonds. The summed E-state index contributed by atoms with van der Waals surface area (Å²) >= 11 is 0. The molecule has 0 spiro atoms. The highest BCUT2D eigenvalue weighted by molar-refractivity contribution is 6.01. The van der Waals surface area contributed by atoms with Crippen molar-refractivity contribution in [3.63, 3.8) is 0 Å². The van der Waals surface area contributed by atoms with Crippen LogP contribution in [0.15, 0.2) is 48.5 Å². The topological polar surface area (TPSA) is 123 Å². The molecule has 1 aliphatic rings. The smallest absolute Gasteiger partial charge is 0.265 e. The van der Waals surface area contributed by atoms with Crippen LogP contribution in [0.2, 0.25) is 0 Å². The van der Waals surface area contributed by atoms with E-state index >= 15 is 0 Å². The first-order valence-corrected chi connectivity index (χ1v) is 11.4. The number of carbonyl (C=O) groups is 3. The third kappa shape index (κ3) is 6.48. The molecular weight excluding hydrogens is 436 g/mol. The molecule has 182 valence electrons. The van der Waals surface area contributed by atoms with Crippen LogP contribution in [-0.4, -0.2) is 55.7 Å². The monoisotopic (exact) mass is 468 g/mol. The molecular formula is C25H32N4O5. The number of nitrogens with one attached hydrogen (secondary N) is 2. The molecule has 1 fully saturated rings. The Balaban J connectivity index is 1.85. The van der Waals surface area contributed by atoms with E-state index in [1.54, 1.807) is 31.2 Å². The van der Waals surface area contributed by atoms with Crippen LogP contribution in [0.5, 0.6) is 5.75 Å². The minimum atomic E-state index is -0.761. The lowest BCUT2D eigenvalue weighted by Crippen LogP contribution is -2.50. The van der Waals surface area contributed by atoms with E-state index < -0.39 is 12.0 Å². The van der Waals surface area contributed by atoms with Gasteiger partial charge >= 0.3 is 0 Å². The van der Waals surface area contributed by atoms with E-state index in [2.05, 4.69) is 15.5 Å². The Labute approximate surface area is 199 Å². The molecule has 0 aromatic heterocycles. The number of benzene rings is 2. The van der Waals surface area contributed by atoms with Crippen molar-refractivity contribution < 1.29 is 23.9 Å². The molecule has 1 heterocycles. The Bertz CT molecular complexity index is 1000. The van der Waals surface area contributed by atoms with Gasteiger partial charge in [-0.15, -0.1) is 0 Å². The molecule has 3 rings (SSSR count). The summed E-state index contributed by atoms with van der Waals surface area (Å²) in [6, 6.07) is 14.4. The molecule has 3 unspecified atom stereocenters. The number of rotatable bonds is 9. The van der Waals surface area contributed by atoms with E-state index in [1.807, 2.05) is 38.1 Å². The number of nitrogens with zero attached hydrogens (tertiary/aromatic N) is 1. The first-order valence-electron chi connectivity index (χ1n) is 11.4. The van der Waals surface area contributed by atoms with Crippen LogP contribution in [0.3, 0.4) is 0 Å². The van der Waals surface area contributed by atoms with Crippen molar-refractivity contribution in [1.29, 1.82) is 0 Å². The van der Waals surface area contributed by atoms with Gasteiger partial charge in [0.05, 0.1) is 24.6 Å². The lowest BCUT2D eigenvalue weighted by molar-refractivity contribution is -0.122. The summed E-state index contributed by atoms with van der Waals surface area (Å²) in [5.41, 5.74) is 6.78. The van der Waals surface area contributed by atoms with Crippen LogP contribution in [0.25, 0.3) is 0 Å². The van der Waals surface area contributed by atoms with Crippen LogP contribution in [0.4, 0.5) is 11.4 Å². The van der Waals surface area contributed by atoms with Crippen molar-refractivity contribution in [2.45, 2.75) is 45.4 Å². The maximum absolute atomic E-state index is 13.0. The summed E-state index contributed by atoms with van der Waals surface area (Å²) in [5.74, 6) is -0.611.